The van der Waals surface area contributed by atoms with Gasteiger partial charge in [0.1, 0.15) is 5.78 Å². The molecule has 5 rings (SSSR count). The van der Waals surface area contributed by atoms with E-state index in [0.717, 1.165) is 27.9 Å². The molecule has 0 aliphatic rings. The maximum absolute atomic E-state index is 12.7. The van der Waals surface area contributed by atoms with Crippen molar-refractivity contribution in [1.29, 1.82) is 0 Å². The highest BCUT2D eigenvalue weighted by Gasteiger charge is 2.34. The van der Waals surface area contributed by atoms with Crippen molar-refractivity contribution >= 4 is 7.60 Å². The topological polar surface area (TPSA) is 87.4 Å². The quantitative estimate of drug-likeness (QED) is 0.224. The third-order valence-corrected chi connectivity index (χ3v) is 7.14. The number of benzene rings is 4. The molecule has 3 N–H and O–H groups in total. The van der Waals surface area contributed by atoms with Crippen LogP contribution in [0.4, 0.5) is 0 Å². The number of para-hydroxylation sites is 1. The molecular weight excluding hydrogens is 469 g/mol. The molecule has 0 saturated heterocycles. The first kappa shape index (κ1) is 23.9. The highest BCUT2D eigenvalue weighted by atomic mass is 31.2. The molecule has 1 aromatic heterocycles. The number of nitrogens with one attached hydrogen (secondary N) is 1. The summed E-state index contributed by atoms with van der Waals surface area (Å²) in [5, 5.41) is 7.86. The van der Waals surface area contributed by atoms with Crippen LogP contribution < -0.4 is 5.32 Å². The molecule has 1 atom stereocenters. The Hall–Kier alpha value is -3.80. The zero-order valence-electron chi connectivity index (χ0n) is 19.5. The summed E-state index contributed by atoms with van der Waals surface area (Å²) in [4.78, 5) is 20.7. The van der Waals surface area contributed by atoms with Crippen molar-refractivity contribution in [3.63, 3.8) is 0 Å². The van der Waals surface area contributed by atoms with Crippen LogP contribution >= 0.6 is 7.60 Å². The van der Waals surface area contributed by atoms with Gasteiger partial charge in [-0.1, -0.05) is 103 Å². The third-order valence-electron chi connectivity index (χ3n) is 6.00. The lowest BCUT2D eigenvalue weighted by molar-refractivity contribution is 0.347. The molecule has 0 spiro atoms. The minimum Gasteiger partial charge on any atom is -0.323 e. The summed E-state index contributed by atoms with van der Waals surface area (Å²) < 4.78 is 14.4. The minimum absolute atomic E-state index is 0.305. The van der Waals surface area contributed by atoms with Crippen LogP contribution in [0.2, 0.25) is 0 Å². The van der Waals surface area contributed by atoms with Gasteiger partial charge >= 0.3 is 7.60 Å². The Balaban J connectivity index is 1.57. The van der Waals surface area contributed by atoms with Crippen molar-refractivity contribution in [2.45, 2.75) is 12.3 Å². The zero-order chi connectivity index (χ0) is 25.0. The highest BCUT2D eigenvalue weighted by molar-refractivity contribution is 7.52. The van der Waals surface area contributed by atoms with Crippen LogP contribution in [-0.2, 0) is 11.1 Å². The van der Waals surface area contributed by atoms with Crippen LogP contribution in [0.1, 0.15) is 16.9 Å². The Morgan fingerprint density at radius 2 is 1.25 bits per heavy atom. The van der Waals surface area contributed by atoms with Gasteiger partial charge in [0.25, 0.3) is 0 Å². The second-order valence-electron chi connectivity index (χ2n) is 8.51. The lowest BCUT2D eigenvalue weighted by atomic mass is 10.0. The van der Waals surface area contributed by atoms with Crippen LogP contribution in [0.3, 0.4) is 0 Å². The molecule has 0 bridgehead atoms. The molecule has 36 heavy (non-hydrogen) atoms. The minimum atomic E-state index is -4.58. The fourth-order valence-corrected chi connectivity index (χ4v) is 5.08. The van der Waals surface area contributed by atoms with Gasteiger partial charge in [0, 0.05) is 23.9 Å². The molecule has 0 saturated carbocycles. The van der Waals surface area contributed by atoms with Gasteiger partial charge in [-0.3, -0.25) is 9.88 Å². The van der Waals surface area contributed by atoms with Crippen molar-refractivity contribution in [3.8, 4) is 28.1 Å². The fourth-order valence-electron chi connectivity index (χ4n) is 4.20. The standard InChI is InChI=1S/C29H26N3O3P/c33-36(34,35)29(30-20-22-10-4-1-5-11-22)27-21-32(26-14-8-3-9-15-26)31-28(27)25-18-16-24(17-19-25)23-12-6-2-7-13-23/h1-19,21,29-30H,20H2,(H2,33,34,35). The summed E-state index contributed by atoms with van der Waals surface area (Å²) in [5.74, 6) is -1.22. The van der Waals surface area contributed by atoms with Gasteiger partial charge in [0.05, 0.1) is 11.4 Å². The first-order valence-corrected chi connectivity index (χ1v) is 13.3. The molecule has 0 radical (unpaired) electrons. The maximum Gasteiger partial charge on any atom is 0.346 e. The fraction of sp³-hybridized carbons (Fsp3) is 0.0690. The van der Waals surface area contributed by atoms with Crippen molar-refractivity contribution in [3.05, 3.63) is 133 Å². The molecule has 7 heteroatoms. The first-order valence-electron chi connectivity index (χ1n) is 11.6. The number of rotatable bonds is 8. The predicted molar refractivity (Wildman–Crippen MR) is 143 cm³/mol. The number of nitrogens with zero attached hydrogens (tertiary/aromatic N) is 2. The Bertz CT molecular complexity index is 1470. The lowest BCUT2D eigenvalue weighted by Gasteiger charge is -2.20. The summed E-state index contributed by atoms with van der Waals surface area (Å²) in [7, 11) is -4.58. The van der Waals surface area contributed by atoms with E-state index in [1.54, 1.807) is 10.9 Å². The average molecular weight is 496 g/mol. The smallest absolute Gasteiger partial charge is 0.323 e. The van der Waals surface area contributed by atoms with Crippen LogP contribution in [0.15, 0.2) is 121 Å². The lowest BCUT2D eigenvalue weighted by Crippen LogP contribution is -2.21. The molecule has 180 valence electrons. The van der Waals surface area contributed by atoms with Crippen molar-refractivity contribution in [2.24, 2.45) is 0 Å². The van der Waals surface area contributed by atoms with E-state index in [1.807, 2.05) is 115 Å². The van der Waals surface area contributed by atoms with Gasteiger partial charge in [-0.15, -0.1) is 0 Å². The third kappa shape index (κ3) is 5.38. The van der Waals surface area contributed by atoms with E-state index in [0.29, 0.717) is 17.8 Å². The molecule has 0 fully saturated rings. The molecule has 4 aromatic carbocycles. The van der Waals surface area contributed by atoms with Gasteiger partial charge in [0.2, 0.25) is 0 Å². The molecule has 0 aliphatic heterocycles. The van der Waals surface area contributed by atoms with Gasteiger partial charge in [-0.25, -0.2) is 4.68 Å². The van der Waals surface area contributed by atoms with Crippen molar-refractivity contribution in [1.82, 2.24) is 15.1 Å². The van der Waals surface area contributed by atoms with Gasteiger partial charge < -0.3 is 9.79 Å². The van der Waals surface area contributed by atoms with E-state index in [2.05, 4.69) is 5.32 Å². The first-order chi connectivity index (χ1) is 17.5. The van der Waals surface area contributed by atoms with E-state index >= 15 is 0 Å². The Labute approximate surface area is 210 Å². The van der Waals surface area contributed by atoms with E-state index in [1.165, 1.54) is 0 Å². The van der Waals surface area contributed by atoms with Crippen LogP contribution in [0.25, 0.3) is 28.1 Å². The van der Waals surface area contributed by atoms with E-state index in [9.17, 15) is 14.4 Å². The monoisotopic (exact) mass is 495 g/mol. The average Bonchev–Trinajstić information content (AvgIpc) is 3.35. The van der Waals surface area contributed by atoms with Crippen LogP contribution in [0, 0.1) is 0 Å². The predicted octanol–water partition coefficient (Wildman–Crippen LogP) is 6.17. The zero-order valence-corrected chi connectivity index (χ0v) is 20.4. The van der Waals surface area contributed by atoms with E-state index in [4.69, 9.17) is 5.10 Å². The summed E-state index contributed by atoms with van der Waals surface area (Å²) in [6, 6.07) is 37.0. The van der Waals surface area contributed by atoms with Crippen molar-refractivity contribution < 1.29 is 14.4 Å². The second kappa shape index (κ2) is 10.4. The molecule has 6 nitrogen and oxygen atoms in total. The highest BCUT2D eigenvalue weighted by Crippen LogP contribution is 2.52. The van der Waals surface area contributed by atoms with E-state index < -0.39 is 13.4 Å². The molecule has 5 aromatic rings. The summed E-state index contributed by atoms with van der Waals surface area (Å²) in [6.07, 6.45) is 1.71. The number of hydrogen-bond acceptors (Lipinski definition) is 3. The Morgan fingerprint density at radius 1 is 0.722 bits per heavy atom. The molecular formula is C29H26N3O3P. The summed E-state index contributed by atoms with van der Waals surface area (Å²) in [5.41, 5.74) is 5.62. The molecule has 1 unspecified atom stereocenters. The summed E-state index contributed by atoms with van der Waals surface area (Å²) in [6.45, 7) is 0.305. The maximum atomic E-state index is 12.7. The molecule has 0 aliphatic carbocycles. The van der Waals surface area contributed by atoms with Gasteiger partial charge in [-0.2, -0.15) is 5.10 Å². The van der Waals surface area contributed by atoms with E-state index in [-0.39, 0.29) is 0 Å². The SMILES string of the molecule is O=P(O)(O)C(NCc1ccccc1)c1cn(-c2ccccc2)nc1-c1ccc(-c2ccccc2)cc1. The Kier molecular flexibility index (Phi) is 6.94. The number of hydrogen-bond donors (Lipinski definition) is 3. The molecule has 1 heterocycles. The number of aromatic nitrogens is 2. The van der Waals surface area contributed by atoms with Gasteiger partial charge in [0.15, 0.2) is 0 Å². The normalized spacial score (nSPS) is 12.4. The van der Waals surface area contributed by atoms with Crippen LogP contribution in [-0.4, -0.2) is 19.6 Å². The molecule has 0 amide bonds. The largest absolute Gasteiger partial charge is 0.346 e. The summed E-state index contributed by atoms with van der Waals surface area (Å²) >= 11 is 0. The second-order valence-corrected chi connectivity index (χ2v) is 10.2. The van der Waals surface area contributed by atoms with Crippen molar-refractivity contribution in [2.75, 3.05) is 0 Å². The van der Waals surface area contributed by atoms with Crippen LogP contribution in [0.5, 0.6) is 0 Å². The van der Waals surface area contributed by atoms with Gasteiger partial charge in [-0.05, 0) is 28.8 Å². The Morgan fingerprint density at radius 3 is 1.86 bits per heavy atom.